The molecule has 0 saturated heterocycles. The van der Waals surface area contributed by atoms with Gasteiger partial charge in [-0.1, -0.05) is 58.3 Å². The summed E-state index contributed by atoms with van der Waals surface area (Å²) in [6, 6.07) is -0.625. The number of hydrogen-bond acceptors (Lipinski definition) is 3. The lowest BCUT2D eigenvalue weighted by atomic mass is 10.1. The Kier molecular flexibility index (Phi) is 12.2. The van der Waals surface area contributed by atoms with E-state index >= 15 is 0 Å². The summed E-state index contributed by atoms with van der Waals surface area (Å²) in [6.07, 6.45) is 11.4. The van der Waals surface area contributed by atoms with Gasteiger partial charge in [0.25, 0.3) is 0 Å². The quantitative estimate of drug-likeness (QED) is 0.212. The van der Waals surface area contributed by atoms with Crippen molar-refractivity contribution < 1.29 is 9.59 Å². The molecule has 0 fully saturated rings. The summed E-state index contributed by atoms with van der Waals surface area (Å²) < 4.78 is 0. The van der Waals surface area contributed by atoms with Crippen LogP contribution < -0.4 is 22.1 Å². The lowest BCUT2D eigenvalue weighted by molar-refractivity contribution is -0.121. The minimum Gasteiger partial charge on any atom is -0.275 e. The molecule has 5 N–H and O–H groups in total. The van der Waals surface area contributed by atoms with Crippen LogP contribution in [0.4, 0.5) is 4.79 Å². The van der Waals surface area contributed by atoms with E-state index in [4.69, 9.17) is 5.84 Å². The molecule has 0 radical (unpaired) electrons. The zero-order valence-electron chi connectivity index (χ0n) is 12.0. The summed E-state index contributed by atoms with van der Waals surface area (Å²) in [4.78, 5) is 22.0. The van der Waals surface area contributed by atoms with Gasteiger partial charge in [0.1, 0.15) is 0 Å². The van der Waals surface area contributed by atoms with Gasteiger partial charge in [-0.2, -0.15) is 0 Å². The zero-order valence-corrected chi connectivity index (χ0v) is 12.0. The number of amides is 3. The Hall–Kier alpha value is -1.30. The molecule has 3 amide bonds. The van der Waals surface area contributed by atoms with Crippen LogP contribution in [0, 0.1) is 0 Å². The zero-order chi connectivity index (χ0) is 14.3. The van der Waals surface area contributed by atoms with Gasteiger partial charge in [0.05, 0.1) is 0 Å². The van der Waals surface area contributed by atoms with Crippen molar-refractivity contribution in [2.24, 2.45) is 5.84 Å². The molecule has 0 spiro atoms. The van der Waals surface area contributed by atoms with Gasteiger partial charge >= 0.3 is 6.03 Å². The first kappa shape index (κ1) is 17.7. The molecule has 0 bridgehead atoms. The standard InChI is InChI=1S/C13H28N4O2/c1-2-3-4-5-6-7-8-9-10-11-12(18)16-17-13(19)15-14/h2-11,14H2,1H3,(H,16,18)(H2,15,17,19). The van der Waals surface area contributed by atoms with Crippen LogP contribution in [0.1, 0.15) is 71.1 Å². The molecule has 0 aromatic carbocycles. The van der Waals surface area contributed by atoms with Gasteiger partial charge in [-0.05, 0) is 6.42 Å². The van der Waals surface area contributed by atoms with Crippen molar-refractivity contribution >= 4 is 11.9 Å². The number of unbranched alkanes of at least 4 members (excludes halogenated alkanes) is 8. The normalized spacial score (nSPS) is 10.0. The fourth-order valence-electron chi connectivity index (χ4n) is 1.82. The third-order valence-electron chi connectivity index (χ3n) is 2.95. The third-order valence-corrected chi connectivity index (χ3v) is 2.95. The second-order valence-corrected chi connectivity index (χ2v) is 4.73. The summed E-state index contributed by atoms with van der Waals surface area (Å²) in [7, 11) is 0. The average molecular weight is 272 g/mol. The van der Waals surface area contributed by atoms with Crippen molar-refractivity contribution in [1.82, 2.24) is 16.3 Å². The summed E-state index contributed by atoms with van der Waals surface area (Å²) in [6.45, 7) is 2.22. The van der Waals surface area contributed by atoms with Crippen LogP contribution in [0.15, 0.2) is 0 Å². The van der Waals surface area contributed by atoms with Gasteiger partial charge in [0.2, 0.25) is 5.91 Å². The lowest BCUT2D eigenvalue weighted by Gasteiger charge is -2.06. The lowest BCUT2D eigenvalue weighted by Crippen LogP contribution is -2.49. The maximum atomic E-state index is 11.3. The molecule has 0 aliphatic heterocycles. The predicted molar refractivity (Wildman–Crippen MR) is 75.8 cm³/mol. The van der Waals surface area contributed by atoms with Crippen LogP contribution in [0.5, 0.6) is 0 Å². The summed E-state index contributed by atoms with van der Waals surface area (Å²) >= 11 is 0. The Labute approximate surface area is 115 Å². The second-order valence-electron chi connectivity index (χ2n) is 4.73. The van der Waals surface area contributed by atoms with Crippen LogP contribution >= 0.6 is 0 Å². The number of nitrogens with one attached hydrogen (secondary N) is 3. The van der Waals surface area contributed by atoms with E-state index in [0.717, 1.165) is 12.8 Å². The highest BCUT2D eigenvalue weighted by Crippen LogP contribution is 2.10. The van der Waals surface area contributed by atoms with Crippen molar-refractivity contribution in [3.63, 3.8) is 0 Å². The molecule has 0 atom stereocenters. The first-order chi connectivity index (χ1) is 9.20. The van der Waals surface area contributed by atoms with Crippen molar-refractivity contribution in [2.45, 2.75) is 71.1 Å². The molecule has 0 unspecified atom stereocenters. The van der Waals surface area contributed by atoms with E-state index < -0.39 is 6.03 Å². The molecule has 6 heteroatoms. The van der Waals surface area contributed by atoms with Gasteiger partial charge in [-0.15, -0.1) is 0 Å². The maximum absolute atomic E-state index is 11.3. The number of hydrazine groups is 2. The molecule has 0 saturated carbocycles. The van der Waals surface area contributed by atoms with Crippen LogP contribution in [-0.4, -0.2) is 11.9 Å². The van der Waals surface area contributed by atoms with Crippen LogP contribution in [0.2, 0.25) is 0 Å². The Bertz CT molecular complexity index is 247. The van der Waals surface area contributed by atoms with Gasteiger partial charge in [-0.3, -0.25) is 15.6 Å². The number of nitrogens with two attached hydrogens (primary N) is 1. The Morgan fingerprint density at radius 1 is 0.842 bits per heavy atom. The summed E-state index contributed by atoms with van der Waals surface area (Å²) in [5.41, 5.74) is 6.28. The van der Waals surface area contributed by atoms with Gasteiger partial charge in [-0.25, -0.2) is 16.1 Å². The predicted octanol–water partition coefficient (Wildman–Crippen LogP) is 2.11. The molecule has 0 aliphatic carbocycles. The Balaban J connectivity index is 3.21. The van der Waals surface area contributed by atoms with Crippen LogP contribution in [0.3, 0.4) is 0 Å². The summed E-state index contributed by atoms with van der Waals surface area (Å²) in [5.74, 6) is 4.66. The van der Waals surface area contributed by atoms with E-state index in [0.29, 0.717) is 6.42 Å². The highest BCUT2D eigenvalue weighted by molar-refractivity contribution is 5.80. The molecule has 6 nitrogen and oxygen atoms in total. The molecule has 0 heterocycles. The maximum Gasteiger partial charge on any atom is 0.347 e. The van der Waals surface area contributed by atoms with Gasteiger partial charge in [0, 0.05) is 6.42 Å². The van der Waals surface area contributed by atoms with Crippen molar-refractivity contribution in [1.29, 1.82) is 0 Å². The molecule has 112 valence electrons. The SMILES string of the molecule is CCCCCCCCCCCC(=O)NNC(=O)NN. The third kappa shape index (κ3) is 12.9. The molecule has 0 rings (SSSR count). The fourth-order valence-corrected chi connectivity index (χ4v) is 1.82. The van der Waals surface area contributed by atoms with E-state index in [2.05, 4.69) is 17.8 Å². The fraction of sp³-hybridized carbons (Fsp3) is 0.846. The molecular formula is C13H28N4O2. The van der Waals surface area contributed by atoms with Crippen LogP contribution in [-0.2, 0) is 4.79 Å². The summed E-state index contributed by atoms with van der Waals surface area (Å²) in [5, 5.41) is 0. The molecular weight excluding hydrogens is 244 g/mol. The second kappa shape index (κ2) is 13.1. The minimum atomic E-state index is -0.625. The van der Waals surface area contributed by atoms with Gasteiger partial charge in [0.15, 0.2) is 0 Å². The minimum absolute atomic E-state index is 0.188. The smallest absolute Gasteiger partial charge is 0.275 e. The van der Waals surface area contributed by atoms with Crippen molar-refractivity contribution in [3.8, 4) is 0 Å². The number of carbonyl (C=O) groups is 2. The van der Waals surface area contributed by atoms with Crippen molar-refractivity contribution in [3.05, 3.63) is 0 Å². The highest BCUT2D eigenvalue weighted by atomic mass is 16.2. The molecule has 19 heavy (non-hydrogen) atoms. The molecule has 0 aromatic rings. The number of carbonyl (C=O) groups excluding carboxylic acids is 2. The van der Waals surface area contributed by atoms with E-state index in [-0.39, 0.29) is 5.91 Å². The largest absolute Gasteiger partial charge is 0.347 e. The molecule has 0 aromatic heterocycles. The van der Waals surface area contributed by atoms with Crippen LogP contribution in [0.25, 0.3) is 0 Å². The first-order valence-corrected chi connectivity index (χ1v) is 7.26. The number of urea groups is 1. The van der Waals surface area contributed by atoms with E-state index in [1.807, 2.05) is 5.43 Å². The number of rotatable bonds is 10. The first-order valence-electron chi connectivity index (χ1n) is 7.26. The van der Waals surface area contributed by atoms with E-state index in [1.165, 1.54) is 44.9 Å². The Morgan fingerprint density at radius 3 is 1.89 bits per heavy atom. The number of hydrogen-bond donors (Lipinski definition) is 4. The topological polar surface area (TPSA) is 96.2 Å². The molecule has 0 aliphatic rings. The monoisotopic (exact) mass is 272 g/mol. The highest BCUT2D eigenvalue weighted by Gasteiger charge is 2.02. The van der Waals surface area contributed by atoms with Gasteiger partial charge < -0.3 is 0 Å². The van der Waals surface area contributed by atoms with E-state index in [9.17, 15) is 9.59 Å². The average Bonchev–Trinajstić information content (AvgIpc) is 2.42. The Morgan fingerprint density at radius 2 is 1.37 bits per heavy atom. The van der Waals surface area contributed by atoms with E-state index in [1.54, 1.807) is 0 Å². The van der Waals surface area contributed by atoms with Crippen molar-refractivity contribution in [2.75, 3.05) is 0 Å².